The summed E-state index contributed by atoms with van der Waals surface area (Å²) < 4.78 is 0. The number of rotatable bonds is 8. The summed E-state index contributed by atoms with van der Waals surface area (Å²) >= 11 is 0. The number of piperazine rings is 1. The Morgan fingerprint density at radius 2 is 1.82 bits per heavy atom. The third-order valence-corrected chi connectivity index (χ3v) is 7.06. The van der Waals surface area contributed by atoms with Gasteiger partial charge >= 0.3 is 0 Å². The third-order valence-electron chi connectivity index (χ3n) is 7.06. The summed E-state index contributed by atoms with van der Waals surface area (Å²) in [6, 6.07) is 2.84. The molecule has 186 valence electrons. The first kappa shape index (κ1) is 25.9. The highest BCUT2D eigenvalue weighted by Crippen LogP contribution is 2.29. The van der Waals surface area contributed by atoms with Crippen molar-refractivity contribution in [1.82, 2.24) is 20.2 Å². The molecule has 0 radical (unpaired) electrons. The number of anilines is 1. The van der Waals surface area contributed by atoms with Crippen molar-refractivity contribution in [2.45, 2.75) is 103 Å². The fraction of sp³-hybridized carbons (Fsp3) is 0.808. The Balaban J connectivity index is 1.60. The van der Waals surface area contributed by atoms with Crippen molar-refractivity contribution in [3.63, 3.8) is 0 Å². The maximum atomic E-state index is 10.7. The van der Waals surface area contributed by atoms with Gasteiger partial charge in [0.2, 0.25) is 6.41 Å². The average molecular weight is 460 g/mol. The lowest BCUT2D eigenvalue weighted by Gasteiger charge is -2.41. The zero-order valence-corrected chi connectivity index (χ0v) is 21.6. The normalized spacial score (nSPS) is 25.2. The van der Waals surface area contributed by atoms with Crippen LogP contribution in [0.25, 0.3) is 0 Å². The number of hydrogen-bond donors (Lipinski definition) is 2. The summed E-state index contributed by atoms with van der Waals surface area (Å²) in [5.74, 6) is 2.61. The zero-order valence-electron chi connectivity index (χ0n) is 21.6. The van der Waals surface area contributed by atoms with E-state index in [9.17, 15) is 9.90 Å². The van der Waals surface area contributed by atoms with Crippen molar-refractivity contribution in [1.29, 1.82) is 0 Å². The van der Waals surface area contributed by atoms with Gasteiger partial charge in [-0.3, -0.25) is 9.69 Å². The Morgan fingerprint density at radius 3 is 2.39 bits per heavy atom. The van der Waals surface area contributed by atoms with Gasteiger partial charge in [-0.05, 0) is 65.3 Å². The molecular formula is C26H45N5O2. The van der Waals surface area contributed by atoms with E-state index in [0.717, 1.165) is 68.7 Å². The molecule has 3 rings (SSSR count). The van der Waals surface area contributed by atoms with E-state index in [1.165, 1.54) is 19.3 Å². The molecule has 0 spiro atoms. The van der Waals surface area contributed by atoms with Gasteiger partial charge < -0.3 is 15.3 Å². The Bertz CT molecular complexity index is 778. The van der Waals surface area contributed by atoms with Crippen LogP contribution in [-0.4, -0.2) is 70.2 Å². The first-order valence-electron chi connectivity index (χ1n) is 12.7. The number of hydrogen-bond acceptors (Lipinski definition) is 6. The lowest BCUT2D eigenvalue weighted by Crippen LogP contribution is -2.52. The van der Waals surface area contributed by atoms with Crippen molar-refractivity contribution in [2.24, 2.45) is 5.92 Å². The monoisotopic (exact) mass is 459 g/mol. The van der Waals surface area contributed by atoms with E-state index in [1.807, 2.05) is 13.8 Å². The summed E-state index contributed by atoms with van der Waals surface area (Å²) in [7, 11) is 0. The molecule has 2 fully saturated rings. The molecule has 0 bridgehead atoms. The van der Waals surface area contributed by atoms with E-state index in [4.69, 9.17) is 9.97 Å². The minimum Gasteiger partial charge on any atom is -0.390 e. The molecule has 1 aromatic heterocycles. The third kappa shape index (κ3) is 7.64. The first-order valence-corrected chi connectivity index (χ1v) is 12.7. The molecule has 1 aliphatic heterocycles. The molecular weight excluding hydrogens is 414 g/mol. The Morgan fingerprint density at radius 1 is 1.12 bits per heavy atom. The highest BCUT2D eigenvalue weighted by molar-refractivity contribution is 5.46. The summed E-state index contributed by atoms with van der Waals surface area (Å²) in [6.07, 6.45) is 7.29. The van der Waals surface area contributed by atoms with Crippen LogP contribution in [0, 0.1) is 5.92 Å². The molecule has 2 heterocycles. The SMILES string of the molecule is CC1CN(CCC2CCC(NC=O)CC2)CCN1c1cc(CC(C)(C)O)nc(C(C)(C)C)n1. The molecule has 1 unspecified atom stereocenters. The van der Waals surface area contributed by atoms with Crippen LogP contribution in [0.4, 0.5) is 5.82 Å². The number of amides is 1. The van der Waals surface area contributed by atoms with Crippen LogP contribution in [0.1, 0.15) is 85.2 Å². The van der Waals surface area contributed by atoms with E-state index in [2.05, 4.69) is 48.9 Å². The molecule has 2 aliphatic rings. The number of nitrogens with zero attached hydrogens (tertiary/aromatic N) is 4. The van der Waals surface area contributed by atoms with Crippen LogP contribution in [0.15, 0.2) is 6.07 Å². The Hall–Kier alpha value is -1.73. The van der Waals surface area contributed by atoms with Crippen molar-refractivity contribution < 1.29 is 9.90 Å². The number of aliphatic hydroxyl groups is 1. The Labute approximate surface area is 200 Å². The van der Waals surface area contributed by atoms with Crippen LogP contribution in [0.3, 0.4) is 0 Å². The fourth-order valence-corrected chi connectivity index (χ4v) is 5.16. The quantitative estimate of drug-likeness (QED) is 0.581. The minimum atomic E-state index is -0.798. The minimum absolute atomic E-state index is 0.143. The van der Waals surface area contributed by atoms with Crippen LogP contribution in [0.2, 0.25) is 0 Å². The summed E-state index contributed by atoms with van der Waals surface area (Å²) in [5, 5.41) is 13.3. The lowest BCUT2D eigenvalue weighted by molar-refractivity contribution is -0.110. The van der Waals surface area contributed by atoms with Crippen LogP contribution in [-0.2, 0) is 16.6 Å². The highest BCUT2D eigenvalue weighted by atomic mass is 16.3. The molecule has 1 saturated carbocycles. The van der Waals surface area contributed by atoms with Gasteiger partial charge in [-0.1, -0.05) is 20.8 Å². The molecule has 7 heteroatoms. The highest BCUT2D eigenvalue weighted by Gasteiger charge is 2.29. The van der Waals surface area contributed by atoms with Crippen molar-refractivity contribution in [3.05, 3.63) is 17.6 Å². The molecule has 1 aromatic rings. The van der Waals surface area contributed by atoms with Crippen molar-refractivity contribution in [3.8, 4) is 0 Å². The number of carbonyl (C=O) groups is 1. The molecule has 1 atom stereocenters. The standard InChI is InChI=1S/C26H45N5O2/c1-19-17-30(12-11-20-7-9-21(10-8-20)27-18-32)13-14-31(19)23-15-22(16-26(5,6)33)28-24(29-23)25(2,3)4/h15,18-21,33H,7-14,16-17H2,1-6H3,(H,27,32). The average Bonchev–Trinajstić information content (AvgIpc) is 2.71. The largest absolute Gasteiger partial charge is 0.390 e. The fourth-order valence-electron chi connectivity index (χ4n) is 5.16. The zero-order chi connectivity index (χ0) is 24.2. The number of carbonyl (C=O) groups excluding carboxylic acids is 1. The molecule has 1 saturated heterocycles. The smallest absolute Gasteiger partial charge is 0.207 e. The van der Waals surface area contributed by atoms with E-state index >= 15 is 0 Å². The van der Waals surface area contributed by atoms with Gasteiger partial charge in [-0.2, -0.15) is 0 Å². The van der Waals surface area contributed by atoms with Crippen LogP contribution >= 0.6 is 0 Å². The predicted octanol–water partition coefficient (Wildman–Crippen LogP) is 3.29. The molecule has 7 nitrogen and oxygen atoms in total. The van der Waals surface area contributed by atoms with Gasteiger partial charge in [-0.15, -0.1) is 0 Å². The van der Waals surface area contributed by atoms with Gasteiger partial charge in [-0.25, -0.2) is 9.97 Å². The van der Waals surface area contributed by atoms with E-state index < -0.39 is 5.60 Å². The molecule has 33 heavy (non-hydrogen) atoms. The predicted molar refractivity (Wildman–Crippen MR) is 134 cm³/mol. The second-order valence-corrected chi connectivity index (χ2v) is 11.9. The number of nitrogens with one attached hydrogen (secondary N) is 1. The Kier molecular flexibility index (Phi) is 8.38. The van der Waals surface area contributed by atoms with Crippen LogP contribution < -0.4 is 10.2 Å². The second-order valence-electron chi connectivity index (χ2n) is 11.9. The first-order chi connectivity index (χ1) is 15.4. The molecule has 1 amide bonds. The van der Waals surface area contributed by atoms with E-state index in [-0.39, 0.29) is 5.41 Å². The molecule has 2 N–H and O–H groups in total. The molecule has 0 aromatic carbocycles. The van der Waals surface area contributed by atoms with Crippen molar-refractivity contribution in [2.75, 3.05) is 31.1 Å². The topological polar surface area (TPSA) is 81.6 Å². The van der Waals surface area contributed by atoms with Gasteiger partial charge in [0, 0.05) is 55.3 Å². The van der Waals surface area contributed by atoms with E-state index in [0.29, 0.717) is 18.5 Å². The lowest BCUT2D eigenvalue weighted by atomic mass is 9.84. The summed E-state index contributed by atoms with van der Waals surface area (Å²) in [6.45, 7) is 16.6. The van der Waals surface area contributed by atoms with Crippen LogP contribution in [0.5, 0.6) is 0 Å². The van der Waals surface area contributed by atoms with Crippen molar-refractivity contribution >= 4 is 12.2 Å². The second kappa shape index (κ2) is 10.7. The molecule has 1 aliphatic carbocycles. The summed E-state index contributed by atoms with van der Waals surface area (Å²) in [4.78, 5) is 25.4. The van der Waals surface area contributed by atoms with E-state index in [1.54, 1.807) is 0 Å². The van der Waals surface area contributed by atoms with Gasteiger partial charge in [0.15, 0.2) is 0 Å². The van der Waals surface area contributed by atoms with Gasteiger partial charge in [0.25, 0.3) is 0 Å². The number of aromatic nitrogens is 2. The summed E-state index contributed by atoms with van der Waals surface area (Å²) in [5.41, 5.74) is -0.0323. The van der Waals surface area contributed by atoms with Gasteiger partial charge in [0.05, 0.1) is 5.60 Å². The maximum Gasteiger partial charge on any atom is 0.207 e. The maximum absolute atomic E-state index is 10.7. The van der Waals surface area contributed by atoms with Gasteiger partial charge in [0.1, 0.15) is 11.6 Å².